The lowest BCUT2D eigenvalue weighted by Gasteiger charge is -2.12. The van der Waals surface area contributed by atoms with Gasteiger partial charge in [0.1, 0.15) is 17.4 Å². The van der Waals surface area contributed by atoms with Gasteiger partial charge in [0, 0.05) is 6.20 Å². The second kappa shape index (κ2) is 4.69. The van der Waals surface area contributed by atoms with Crippen LogP contribution in [0, 0.1) is 11.3 Å². The van der Waals surface area contributed by atoms with E-state index in [0.717, 1.165) is 19.4 Å². The van der Waals surface area contributed by atoms with Crippen molar-refractivity contribution in [3.63, 3.8) is 0 Å². The molecule has 0 aliphatic heterocycles. The number of ether oxygens (including phenoxy) is 2. The second-order valence-corrected chi connectivity index (χ2v) is 2.68. The van der Waals surface area contributed by atoms with E-state index in [0.29, 0.717) is 0 Å². The number of halogens is 3. The average Bonchev–Trinajstić information content (AvgIpc) is 2.25. The number of aromatic nitrogens is 1. The first kappa shape index (κ1) is 12.8. The van der Waals surface area contributed by atoms with Crippen LogP contribution < -0.4 is 4.74 Å². The summed E-state index contributed by atoms with van der Waals surface area (Å²) in [6.45, 7) is 0. The van der Waals surface area contributed by atoms with E-state index in [1.54, 1.807) is 0 Å². The third-order valence-electron chi connectivity index (χ3n) is 1.63. The maximum absolute atomic E-state index is 12.0. The maximum atomic E-state index is 12.0. The number of alkyl halides is 3. The van der Waals surface area contributed by atoms with Gasteiger partial charge in [-0.05, 0) is 6.07 Å². The minimum Gasteiger partial charge on any atom is -0.465 e. The number of hydrogen-bond donors (Lipinski definition) is 0. The molecule has 0 spiro atoms. The summed E-state index contributed by atoms with van der Waals surface area (Å²) in [6.07, 6.45) is -4.05. The summed E-state index contributed by atoms with van der Waals surface area (Å²) in [6, 6.07) is 2.30. The molecule has 0 saturated heterocycles. The van der Waals surface area contributed by atoms with Gasteiger partial charge in [-0.2, -0.15) is 5.26 Å². The first-order valence-corrected chi connectivity index (χ1v) is 4.12. The number of pyridine rings is 1. The molecule has 0 bridgehead atoms. The van der Waals surface area contributed by atoms with Crippen LogP contribution >= 0.6 is 0 Å². The zero-order valence-electron chi connectivity index (χ0n) is 8.41. The lowest BCUT2D eigenvalue weighted by Crippen LogP contribution is -2.20. The highest BCUT2D eigenvalue weighted by Crippen LogP contribution is 2.27. The van der Waals surface area contributed by atoms with Gasteiger partial charge in [-0.3, -0.25) is 0 Å². The van der Waals surface area contributed by atoms with Crippen LogP contribution in [0.4, 0.5) is 13.2 Å². The summed E-state index contributed by atoms with van der Waals surface area (Å²) in [5, 5.41) is 8.63. The third kappa shape index (κ3) is 3.07. The quantitative estimate of drug-likeness (QED) is 0.741. The molecule has 0 aromatic carbocycles. The number of nitriles is 1. The summed E-state index contributed by atoms with van der Waals surface area (Å²) < 4.78 is 44.0. The molecule has 0 atom stereocenters. The lowest BCUT2D eigenvalue weighted by atomic mass is 10.2. The molecule has 0 amide bonds. The summed E-state index contributed by atoms with van der Waals surface area (Å²) in [7, 11) is 0.966. The molecule has 1 aromatic rings. The molecular weight excluding hydrogens is 241 g/mol. The van der Waals surface area contributed by atoms with Gasteiger partial charge < -0.3 is 9.47 Å². The minimum atomic E-state index is -4.98. The summed E-state index contributed by atoms with van der Waals surface area (Å²) >= 11 is 0. The van der Waals surface area contributed by atoms with E-state index in [9.17, 15) is 18.0 Å². The lowest BCUT2D eigenvalue weighted by molar-refractivity contribution is -0.274. The van der Waals surface area contributed by atoms with Gasteiger partial charge in [-0.15, -0.1) is 13.2 Å². The van der Waals surface area contributed by atoms with Crippen LogP contribution in [0.2, 0.25) is 0 Å². The molecule has 0 radical (unpaired) electrons. The predicted octanol–water partition coefficient (Wildman–Crippen LogP) is 1.64. The molecule has 1 aromatic heterocycles. The Bertz CT molecular complexity index is 479. The predicted molar refractivity (Wildman–Crippen MR) is 47.0 cm³/mol. The first-order chi connectivity index (χ1) is 7.89. The van der Waals surface area contributed by atoms with Crippen molar-refractivity contribution in [2.45, 2.75) is 6.36 Å². The van der Waals surface area contributed by atoms with E-state index in [4.69, 9.17) is 5.26 Å². The van der Waals surface area contributed by atoms with Crippen molar-refractivity contribution >= 4 is 5.97 Å². The fraction of sp³-hybridized carbons (Fsp3) is 0.222. The zero-order valence-corrected chi connectivity index (χ0v) is 8.41. The molecule has 0 fully saturated rings. The molecule has 1 heterocycles. The summed E-state index contributed by atoms with van der Waals surface area (Å²) in [5.74, 6) is -1.95. The smallest absolute Gasteiger partial charge is 0.465 e. The molecule has 1 rings (SSSR count). The maximum Gasteiger partial charge on any atom is 0.573 e. The van der Waals surface area contributed by atoms with Gasteiger partial charge in [-0.25, -0.2) is 9.78 Å². The van der Waals surface area contributed by atoms with Crippen molar-refractivity contribution in [1.82, 2.24) is 4.98 Å². The minimum absolute atomic E-state index is 0.501. The van der Waals surface area contributed by atoms with Crippen molar-refractivity contribution in [3.8, 4) is 11.8 Å². The number of methoxy groups -OCH3 is 1. The highest BCUT2D eigenvalue weighted by Gasteiger charge is 2.34. The molecule has 17 heavy (non-hydrogen) atoms. The monoisotopic (exact) mass is 246 g/mol. The number of carbonyl (C=O) groups excluding carboxylic acids is 1. The Morgan fingerprint density at radius 3 is 2.65 bits per heavy atom. The van der Waals surface area contributed by atoms with Crippen LogP contribution in [0.1, 0.15) is 16.1 Å². The molecule has 0 aliphatic rings. The Labute approximate surface area is 93.4 Å². The van der Waals surface area contributed by atoms with Gasteiger partial charge in [0.25, 0.3) is 0 Å². The Morgan fingerprint density at radius 1 is 1.53 bits per heavy atom. The van der Waals surface area contributed by atoms with Crippen molar-refractivity contribution < 1.29 is 27.4 Å². The SMILES string of the molecule is COC(=O)c1c(OC(F)(F)F)ccnc1C#N. The Balaban J connectivity index is 3.31. The number of carbonyl (C=O) groups is 1. The number of rotatable bonds is 2. The molecule has 5 nitrogen and oxygen atoms in total. The fourth-order valence-electron chi connectivity index (χ4n) is 1.04. The molecule has 8 heteroatoms. The van der Waals surface area contributed by atoms with Crippen LogP contribution in [0.5, 0.6) is 5.75 Å². The molecule has 0 aliphatic carbocycles. The van der Waals surface area contributed by atoms with Gasteiger partial charge in [-0.1, -0.05) is 0 Å². The van der Waals surface area contributed by atoms with Crippen molar-refractivity contribution in [3.05, 3.63) is 23.5 Å². The third-order valence-corrected chi connectivity index (χ3v) is 1.63. The average molecular weight is 246 g/mol. The number of hydrogen-bond acceptors (Lipinski definition) is 5. The Hall–Kier alpha value is -2.30. The standard InChI is InChI=1S/C9H5F3N2O3/c1-16-8(15)7-5(4-13)14-3-2-6(7)17-9(10,11)12/h2-3H,1H3. The van der Waals surface area contributed by atoms with E-state index in [1.165, 1.54) is 6.07 Å². The molecular formula is C9H5F3N2O3. The van der Waals surface area contributed by atoms with Crippen molar-refractivity contribution in [1.29, 1.82) is 5.26 Å². The van der Waals surface area contributed by atoms with Gasteiger partial charge in [0.2, 0.25) is 0 Å². The number of esters is 1. The van der Waals surface area contributed by atoms with E-state index in [-0.39, 0.29) is 0 Å². The van der Waals surface area contributed by atoms with E-state index in [2.05, 4.69) is 14.5 Å². The van der Waals surface area contributed by atoms with Crippen LogP contribution in [-0.4, -0.2) is 24.4 Å². The molecule has 90 valence electrons. The number of nitrogens with zero attached hydrogens (tertiary/aromatic N) is 2. The highest BCUT2D eigenvalue weighted by molar-refractivity contribution is 5.94. The normalized spacial score (nSPS) is 10.5. The zero-order chi connectivity index (χ0) is 13.1. The highest BCUT2D eigenvalue weighted by atomic mass is 19.4. The largest absolute Gasteiger partial charge is 0.573 e. The van der Waals surface area contributed by atoms with Crippen LogP contribution in [0.15, 0.2) is 12.3 Å². The fourth-order valence-corrected chi connectivity index (χ4v) is 1.04. The van der Waals surface area contributed by atoms with Crippen LogP contribution in [0.25, 0.3) is 0 Å². The van der Waals surface area contributed by atoms with E-state index >= 15 is 0 Å². The summed E-state index contributed by atoms with van der Waals surface area (Å²) in [5.41, 5.74) is -1.16. The first-order valence-electron chi connectivity index (χ1n) is 4.12. The summed E-state index contributed by atoms with van der Waals surface area (Å²) in [4.78, 5) is 14.7. The van der Waals surface area contributed by atoms with Crippen LogP contribution in [0.3, 0.4) is 0 Å². The van der Waals surface area contributed by atoms with Gasteiger partial charge in [0.05, 0.1) is 7.11 Å². The van der Waals surface area contributed by atoms with E-state index < -0.39 is 29.3 Å². The second-order valence-electron chi connectivity index (χ2n) is 2.68. The molecule has 0 unspecified atom stereocenters. The van der Waals surface area contributed by atoms with E-state index in [1.807, 2.05) is 0 Å². The van der Waals surface area contributed by atoms with Crippen molar-refractivity contribution in [2.24, 2.45) is 0 Å². The topological polar surface area (TPSA) is 72.2 Å². The Morgan fingerprint density at radius 2 is 2.18 bits per heavy atom. The molecule has 0 saturated carbocycles. The van der Waals surface area contributed by atoms with Gasteiger partial charge in [0.15, 0.2) is 5.69 Å². The molecule has 0 N–H and O–H groups in total. The van der Waals surface area contributed by atoms with Crippen molar-refractivity contribution in [2.75, 3.05) is 7.11 Å². The Kier molecular flexibility index (Phi) is 3.52. The van der Waals surface area contributed by atoms with Gasteiger partial charge >= 0.3 is 12.3 Å². The van der Waals surface area contributed by atoms with Crippen LogP contribution in [-0.2, 0) is 4.74 Å².